The largest absolute Gasteiger partial charge is 0.389 e. The zero-order valence-electron chi connectivity index (χ0n) is 9.22. The fourth-order valence-electron chi connectivity index (χ4n) is 1.56. The SMILES string of the molecule is C[C@H](O)c1cccc(-c2cc[c-]cc2)c1.[Y]. The zero-order valence-corrected chi connectivity index (χ0v) is 12.1. The minimum Gasteiger partial charge on any atom is -0.389 e. The molecule has 0 aliphatic carbocycles. The molecule has 2 heteroatoms. The number of hydrogen-bond donors (Lipinski definition) is 1. The smallest absolute Gasteiger partial charge is 0.0762 e. The van der Waals surface area contributed by atoms with Crippen LogP contribution in [0.5, 0.6) is 0 Å². The first-order valence-electron chi connectivity index (χ1n) is 5.02. The molecule has 0 amide bonds. The normalized spacial score (nSPS) is 11.6. The number of hydrogen-bond acceptors (Lipinski definition) is 1. The Bertz CT molecular complexity index is 437. The molecule has 1 radical (unpaired) electrons. The standard InChI is InChI=1S/C14H13O.Y/c1-11(15)13-8-5-9-14(10-13)12-6-3-2-4-7-12;/h3-11,15H,1H3;/q-1;/t11-;/m0./s1. The maximum atomic E-state index is 9.49. The van der Waals surface area contributed by atoms with E-state index in [4.69, 9.17) is 0 Å². The van der Waals surface area contributed by atoms with E-state index in [0.717, 1.165) is 16.7 Å². The van der Waals surface area contributed by atoms with Crippen LogP contribution in [0, 0.1) is 6.07 Å². The number of aliphatic hydroxyl groups excluding tert-OH is 1. The van der Waals surface area contributed by atoms with Gasteiger partial charge in [0.15, 0.2) is 0 Å². The van der Waals surface area contributed by atoms with Crippen molar-refractivity contribution in [2.24, 2.45) is 0 Å². The monoisotopic (exact) mass is 286 g/mol. The van der Waals surface area contributed by atoms with Crippen LogP contribution in [-0.2, 0) is 32.7 Å². The molecule has 0 aliphatic heterocycles. The van der Waals surface area contributed by atoms with E-state index in [-0.39, 0.29) is 32.7 Å². The third-order valence-electron chi connectivity index (χ3n) is 2.42. The van der Waals surface area contributed by atoms with Gasteiger partial charge in [0.05, 0.1) is 6.10 Å². The Morgan fingerprint density at radius 3 is 2.38 bits per heavy atom. The van der Waals surface area contributed by atoms with Crippen molar-refractivity contribution < 1.29 is 37.8 Å². The molecule has 0 spiro atoms. The van der Waals surface area contributed by atoms with E-state index in [0.29, 0.717) is 0 Å². The Labute approximate surface area is 121 Å². The van der Waals surface area contributed by atoms with Crippen LogP contribution < -0.4 is 0 Å². The van der Waals surface area contributed by atoms with Gasteiger partial charge in [-0.25, -0.2) is 0 Å². The van der Waals surface area contributed by atoms with Crippen molar-refractivity contribution in [3.8, 4) is 11.1 Å². The van der Waals surface area contributed by atoms with E-state index < -0.39 is 6.10 Å². The molecular formula is C14H13OY-. The van der Waals surface area contributed by atoms with E-state index in [1.54, 1.807) is 6.92 Å². The molecule has 0 aromatic heterocycles. The molecule has 1 nitrogen and oxygen atoms in total. The number of rotatable bonds is 2. The van der Waals surface area contributed by atoms with Crippen LogP contribution in [0.3, 0.4) is 0 Å². The summed E-state index contributed by atoms with van der Waals surface area (Å²) in [4.78, 5) is 0. The van der Waals surface area contributed by atoms with Crippen molar-refractivity contribution in [2.45, 2.75) is 13.0 Å². The fourth-order valence-corrected chi connectivity index (χ4v) is 1.56. The molecule has 2 aromatic rings. The Hall–Kier alpha value is -0.496. The summed E-state index contributed by atoms with van der Waals surface area (Å²) in [6.07, 6.45) is -0.416. The second-order valence-corrected chi connectivity index (χ2v) is 3.59. The summed E-state index contributed by atoms with van der Waals surface area (Å²) >= 11 is 0. The van der Waals surface area contributed by atoms with E-state index in [9.17, 15) is 5.11 Å². The first kappa shape index (κ1) is 13.6. The molecule has 0 aliphatic rings. The first-order chi connectivity index (χ1) is 7.27. The number of aliphatic hydroxyl groups is 1. The fraction of sp³-hybridized carbons (Fsp3) is 0.143. The minimum absolute atomic E-state index is 0. The van der Waals surface area contributed by atoms with E-state index in [2.05, 4.69) is 6.07 Å². The van der Waals surface area contributed by atoms with Gasteiger partial charge < -0.3 is 5.11 Å². The molecule has 1 atom stereocenters. The second-order valence-electron chi connectivity index (χ2n) is 3.59. The maximum Gasteiger partial charge on any atom is 0.0762 e. The van der Waals surface area contributed by atoms with E-state index >= 15 is 0 Å². The minimum atomic E-state index is -0.416. The van der Waals surface area contributed by atoms with Gasteiger partial charge in [0.25, 0.3) is 0 Å². The summed E-state index contributed by atoms with van der Waals surface area (Å²) in [5, 5.41) is 9.49. The van der Waals surface area contributed by atoms with Gasteiger partial charge in [-0.15, -0.1) is 5.56 Å². The number of benzene rings is 2. The third kappa shape index (κ3) is 3.25. The van der Waals surface area contributed by atoms with Crippen molar-refractivity contribution in [1.29, 1.82) is 0 Å². The summed E-state index contributed by atoms with van der Waals surface area (Å²) in [5.41, 5.74) is 3.22. The molecule has 0 heterocycles. The molecule has 0 unspecified atom stereocenters. The molecular weight excluding hydrogens is 273 g/mol. The summed E-state index contributed by atoms with van der Waals surface area (Å²) < 4.78 is 0. The van der Waals surface area contributed by atoms with Gasteiger partial charge in [-0.05, 0) is 18.1 Å². The summed E-state index contributed by atoms with van der Waals surface area (Å²) in [5.74, 6) is 0. The van der Waals surface area contributed by atoms with Gasteiger partial charge in [-0.1, -0.05) is 24.3 Å². The quantitative estimate of drug-likeness (QED) is 0.841. The Kier molecular flexibility index (Phi) is 5.34. The van der Waals surface area contributed by atoms with Crippen LogP contribution in [0.4, 0.5) is 0 Å². The van der Waals surface area contributed by atoms with Gasteiger partial charge in [0.2, 0.25) is 0 Å². The van der Waals surface area contributed by atoms with Gasteiger partial charge in [-0.2, -0.15) is 30.3 Å². The van der Waals surface area contributed by atoms with Crippen LogP contribution in [0.25, 0.3) is 11.1 Å². The van der Waals surface area contributed by atoms with Crippen LogP contribution >= 0.6 is 0 Å². The van der Waals surface area contributed by atoms with Crippen molar-refractivity contribution in [3.05, 3.63) is 60.2 Å². The van der Waals surface area contributed by atoms with Gasteiger partial charge >= 0.3 is 0 Å². The Morgan fingerprint density at radius 2 is 1.75 bits per heavy atom. The average Bonchev–Trinajstić information content (AvgIpc) is 2.30. The van der Waals surface area contributed by atoms with Crippen LogP contribution in [0.1, 0.15) is 18.6 Å². The molecule has 1 N–H and O–H groups in total. The molecule has 0 saturated carbocycles. The molecule has 0 bridgehead atoms. The molecule has 2 aromatic carbocycles. The van der Waals surface area contributed by atoms with Crippen molar-refractivity contribution in [1.82, 2.24) is 0 Å². The topological polar surface area (TPSA) is 20.2 Å². The van der Waals surface area contributed by atoms with Gasteiger partial charge in [0.1, 0.15) is 0 Å². The zero-order chi connectivity index (χ0) is 10.7. The molecule has 79 valence electrons. The first-order valence-corrected chi connectivity index (χ1v) is 5.02. The summed E-state index contributed by atoms with van der Waals surface area (Å²) in [6.45, 7) is 1.78. The third-order valence-corrected chi connectivity index (χ3v) is 2.42. The van der Waals surface area contributed by atoms with E-state index in [1.165, 1.54) is 0 Å². The second kappa shape index (κ2) is 6.29. The van der Waals surface area contributed by atoms with Crippen LogP contribution in [-0.4, -0.2) is 5.11 Å². The summed E-state index contributed by atoms with van der Waals surface area (Å²) in [6, 6.07) is 18.8. The predicted octanol–water partition coefficient (Wildman–Crippen LogP) is 3.20. The van der Waals surface area contributed by atoms with Crippen molar-refractivity contribution in [3.63, 3.8) is 0 Å². The Balaban J connectivity index is 0.00000128. The molecule has 2 rings (SSSR count). The van der Waals surface area contributed by atoms with Gasteiger partial charge in [-0.3, -0.25) is 0 Å². The molecule has 16 heavy (non-hydrogen) atoms. The van der Waals surface area contributed by atoms with Crippen molar-refractivity contribution in [2.75, 3.05) is 0 Å². The predicted molar refractivity (Wildman–Crippen MR) is 61.3 cm³/mol. The molecule has 0 saturated heterocycles. The average molecular weight is 286 g/mol. The Morgan fingerprint density at radius 1 is 1.06 bits per heavy atom. The van der Waals surface area contributed by atoms with Crippen LogP contribution in [0.2, 0.25) is 0 Å². The van der Waals surface area contributed by atoms with E-state index in [1.807, 2.05) is 48.5 Å². The molecule has 0 fully saturated rings. The van der Waals surface area contributed by atoms with Gasteiger partial charge in [0, 0.05) is 32.7 Å². The van der Waals surface area contributed by atoms with Crippen molar-refractivity contribution >= 4 is 0 Å². The maximum absolute atomic E-state index is 9.49. The van der Waals surface area contributed by atoms with Crippen LogP contribution in [0.15, 0.2) is 48.5 Å². The summed E-state index contributed by atoms with van der Waals surface area (Å²) in [7, 11) is 0.